The average molecular weight is 252 g/mol. The summed E-state index contributed by atoms with van der Waals surface area (Å²) >= 11 is 0. The molecule has 19 heavy (non-hydrogen) atoms. The van der Waals surface area contributed by atoms with E-state index >= 15 is 0 Å². The lowest BCUT2D eigenvalue weighted by molar-refractivity contribution is 0.838. The van der Waals surface area contributed by atoms with Crippen molar-refractivity contribution in [1.82, 2.24) is 0 Å². The molecule has 1 unspecified atom stereocenters. The van der Waals surface area contributed by atoms with Crippen molar-refractivity contribution in [1.29, 1.82) is 0 Å². The molecule has 1 aliphatic carbocycles. The zero-order valence-corrected chi connectivity index (χ0v) is 12.3. The fraction of sp³-hybridized carbons (Fsp3) is 0.263. The first-order valence-corrected chi connectivity index (χ1v) is 6.90. The van der Waals surface area contributed by atoms with E-state index in [1.807, 2.05) is 12.2 Å². The maximum absolute atomic E-state index is 3.94. The Balaban J connectivity index is 3.42. The first-order chi connectivity index (χ1) is 9.19. The van der Waals surface area contributed by atoms with Crippen molar-refractivity contribution >= 4 is 0 Å². The van der Waals surface area contributed by atoms with Crippen molar-refractivity contribution in [2.24, 2.45) is 5.92 Å². The van der Waals surface area contributed by atoms with Gasteiger partial charge in [-0.15, -0.1) is 0 Å². The van der Waals surface area contributed by atoms with Gasteiger partial charge in [0.05, 0.1) is 0 Å². The van der Waals surface area contributed by atoms with E-state index in [2.05, 4.69) is 70.4 Å². The highest BCUT2D eigenvalue weighted by atomic mass is 14.2. The van der Waals surface area contributed by atoms with E-state index < -0.39 is 0 Å². The van der Waals surface area contributed by atoms with Crippen LogP contribution in [0, 0.1) is 5.92 Å². The summed E-state index contributed by atoms with van der Waals surface area (Å²) in [6, 6.07) is 0. The highest BCUT2D eigenvalue weighted by Crippen LogP contribution is 2.32. The molecule has 1 atom stereocenters. The van der Waals surface area contributed by atoms with Crippen LogP contribution >= 0.6 is 0 Å². The van der Waals surface area contributed by atoms with Gasteiger partial charge in [-0.05, 0) is 35.6 Å². The molecule has 1 rings (SSSR count). The van der Waals surface area contributed by atoms with Crippen molar-refractivity contribution in [2.75, 3.05) is 0 Å². The highest BCUT2D eigenvalue weighted by molar-refractivity contribution is 5.54. The number of allylic oxidation sites excluding steroid dienone is 12. The van der Waals surface area contributed by atoms with Crippen LogP contribution in [0.15, 0.2) is 84.1 Å². The molecule has 0 heteroatoms. The summed E-state index contributed by atoms with van der Waals surface area (Å²) in [6.45, 7) is 14.3. The molecule has 1 aliphatic rings. The quantitative estimate of drug-likeness (QED) is 0.588. The van der Waals surface area contributed by atoms with Crippen LogP contribution in [0.2, 0.25) is 0 Å². The normalized spacial score (nSPS) is 20.5. The first-order valence-electron chi connectivity index (χ1n) is 6.90. The lowest BCUT2D eigenvalue weighted by Crippen LogP contribution is -2.03. The lowest BCUT2D eigenvalue weighted by atomic mass is 9.87. The standard InChI is InChI=1S/C19H24/c1-6-10-12-19-15(5)18(11-7-2)16(8-3)13-14-17(19)9-4/h7-15H,3-4,6H2,1-2,5H3/b11-7-,12-10-. The van der Waals surface area contributed by atoms with Gasteiger partial charge in [-0.1, -0.05) is 75.6 Å². The zero-order valence-electron chi connectivity index (χ0n) is 12.3. The minimum absolute atomic E-state index is 0.343. The summed E-state index contributed by atoms with van der Waals surface area (Å²) in [5.41, 5.74) is 5.00. The van der Waals surface area contributed by atoms with Gasteiger partial charge in [-0.2, -0.15) is 0 Å². The second-order valence-electron chi connectivity index (χ2n) is 4.60. The van der Waals surface area contributed by atoms with E-state index in [-0.39, 0.29) is 0 Å². The predicted molar refractivity (Wildman–Crippen MR) is 87.0 cm³/mol. The van der Waals surface area contributed by atoms with Crippen LogP contribution < -0.4 is 0 Å². The monoisotopic (exact) mass is 252 g/mol. The number of hydrogen-bond donors (Lipinski definition) is 0. The summed E-state index contributed by atoms with van der Waals surface area (Å²) in [6.07, 6.45) is 17.9. The Bertz CT molecular complexity index is 490. The van der Waals surface area contributed by atoms with Gasteiger partial charge in [-0.3, -0.25) is 0 Å². The van der Waals surface area contributed by atoms with Crippen LogP contribution in [-0.2, 0) is 0 Å². The molecule has 0 spiro atoms. The Labute approximate surface area is 117 Å². The zero-order chi connectivity index (χ0) is 14.3. The third-order valence-corrected chi connectivity index (χ3v) is 3.36. The van der Waals surface area contributed by atoms with E-state index in [4.69, 9.17) is 0 Å². The van der Waals surface area contributed by atoms with Crippen molar-refractivity contribution in [3.63, 3.8) is 0 Å². The average Bonchev–Trinajstić information content (AvgIpc) is 2.55. The van der Waals surface area contributed by atoms with Crippen molar-refractivity contribution in [3.05, 3.63) is 84.1 Å². The van der Waals surface area contributed by atoms with Crippen LogP contribution in [0.25, 0.3) is 0 Å². The van der Waals surface area contributed by atoms with Gasteiger partial charge < -0.3 is 0 Å². The maximum Gasteiger partial charge on any atom is 0.00726 e. The molecule has 0 saturated carbocycles. The Morgan fingerprint density at radius 1 is 1.05 bits per heavy atom. The first kappa shape index (κ1) is 15.2. The molecule has 0 radical (unpaired) electrons. The molecule has 100 valence electrons. The molecule has 0 heterocycles. The van der Waals surface area contributed by atoms with Gasteiger partial charge in [0.25, 0.3) is 0 Å². The van der Waals surface area contributed by atoms with Crippen LogP contribution in [-0.4, -0.2) is 0 Å². The molecule has 0 aromatic carbocycles. The second kappa shape index (κ2) is 7.58. The van der Waals surface area contributed by atoms with Crippen LogP contribution in [0.1, 0.15) is 27.2 Å². The molecule has 0 aromatic heterocycles. The van der Waals surface area contributed by atoms with E-state index in [1.54, 1.807) is 0 Å². The van der Waals surface area contributed by atoms with Crippen molar-refractivity contribution in [2.45, 2.75) is 27.2 Å². The molecule has 0 nitrogen and oxygen atoms in total. The second-order valence-corrected chi connectivity index (χ2v) is 4.60. The van der Waals surface area contributed by atoms with E-state index in [1.165, 1.54) is 22.3 Å². The molecule has 0 fully saturated rings. The fourth-order valence-corrected chi connectivity index (χ4v) is 2.32. The fourth-order valence-electron chi connectivity index (χ4n) is 2.32. The Hall–Kier alpha value is -1.82. The maximum atomic E-state index is 3.94. The van der Waals surface area contributed by atoms with Gasteiger partial charge in [-0.25, -0.2) is 0 Å². The molecule has 0 N–H and O–H groups in total. The predicted octanol–water partition coefficient (Wildman–Crippen LogP) is 5.70. The minimum atomic E-state index is 0.343. The van der Waals surface area contributed by atoms with Gasteiger partial charge in [0.1, 0.15) is 0 Å². The Kier molecular flexibility index (Phi) is 6.08. The summed E-state index contributed by atoms with van der Waals surface area (Å²) in [5, 5.41) is 0. The van der Waals surface area contributed by atoms with Crippen LogP contribution in [0.4, 0.5) is 0 Å². The van der Waals surface area contributed by atoms with Gasteiger partial charge >= 0.3 is 0 Å². The van der Waals surface area contributed by atoms with Crippen LogP contribution in [0.3, 0.4) is 0 Å². The smallest absolute Gasteiger partial charge is 0.00726 e. The highest BCUT2D eigenvalue weighted by Gasteiger charge is 2.17. The molecular weight excluding hydrogens is 228 g/mol. The Morgan fingerprint density at radius 2 is 1.58 bits per heavy atom. The van der Waals surface area contributed by atoms with E-state index in [9.17, 15) is 0 Å². The van der Waals surface area contributed by atoms with E-state index in [0.29, 0.717) is 5.92 Å². The summed E-state index contributed by atoms with van der Waals surface area (Å²) < 4.78 is 0. The van der Waals surface area contributed by atoms with Crippen molar-refractivity contribution in [3.8, 4) is 0 Å². The van der Waals surface area contributed by atoms with Crippen LogP contribution in [0.5, 0.6) is 0 Å². The lowest BCUT2D eigenvalue weighted by Gasteiger charge is -2.17. The summed E-state index contributed by atoms with van der Waals surface area (Å²) in [5.74, 6) is 0.343. The molecule has 0 aromatic rings. The van der Waals surface area contributed by atoms with Crippen molar-refractivity contribution < 1.29 is 0 Å². The molecule has 0 aliphatic heterocycles. The third kappa shape index (κ3) is 3.57. The topological polar surface area (TPSA) is 0 Å². The summed E-state index contributed by atoms with van der Waals surface area (Å²) in [4.78, 5) is 0. The number of rotatable bonds is 5. The molecule has 0 saturated heterocycles. The van der Waals surface area contributed by atoms with E-state index in [0.717, 1.165) is 6.42 Å². The van der Waals surface area contributed by atoms with Gasteiger partial charge in [0.15, 0.2) is 0 Å². The van der Waals surface area contributed by atoms with Gasteiger partial charge in [0.2, 0.25) is 0 Å². The minimum Gasteiger partial charge on any atom is -0.0985 e. The largest absolute Gasteiger partial charge is 0.0985 e. The molecular formula is C19H24. The SMILES string of the molecule is C=CC1=C(/C=C\C)C(C)C(/C=C\CC)=C(C=C)C=C1. The molecule has 0 amide bonds. The number of hydrogen-bond acceptors (Lipinski definition) is 0. The van der Waals surface area contributed by atoms with Gasteiger partial charge in [0, 0.05) is 5.92 Å². The Morgan fingerprint density at radius 3 is 2.00 bits per heavy atom. The third-order valence-electron chi connectivity index (χ3n) is 3.36. The summed E-state index contributed by atoms with van der Waals surface area (Å²) in [7, 11) is 0. The molecule has 0 bridgehead atoms.